The van der Waals surface area contributed by atoms with Crippen LogP contribution in [-0.2, 0) is 4.74 Å². The van der Waals surface area contributed by atoms with E-state index in [0.29, 0.717) is 24.3 Å². The lowest BCUT2D eigenvalue weighted by atomic mass is 9.88. The maximum Gasteiger partial charge on any atom is 0.261 e. The third kappa shape index (κ3) is 3.61. The van der Waals surface area contributed by atoms with E-state index in [1.54, 1.807) is 12.1 Å². The van der Waals surface area contributed by atoms with Gasteiger partial charge < -0.3 is 15.8 Å². The number of rotatable bonds is 6. The van der Waals surface area contributed by atoms with E-state index >= 15 is 0 Å². The first kappa shape index (κ1) is 19.5. The summed E-state index contributed by atoms with van der Waals surface area (Å²) < 4.78 is 5.54. The van der Waals surface area contributed by atoms with Crippen molar-refractivity contribution in [2.45, 2.75) is 45.3 Å². The van der Waals surface area contributed by atoms with Crippen LogP contribution in [0, 0.1) is 5.92 Å². The van der Waals surface area contributed by atoms with Gasteiger partial charge in [0.05, 0.1) is 29.3 Å². The van der Waals surface area contributed by atoms with Crippen LogP contribution in [0.25, 0.3) is 0 Å². The Bertz CT molecular complexity index is 770. The number of benzene rings is 1. The lowest BCUT2D eigenvalue weighted by molar-refractivity contribution is 0.0475. The topological polar surface area (TPSA) is 102 Å². The first-order chi connectivity index (χ1) is 12.8. The molecule has 7 heteroatoms. The first-order valence-corrected chi connectivity index (χ1v) is 9.41. The molecule has 146 valence electrons. The molecule has 1 aromatic rings. The number of carbonyl (C=O) groups is 3. The molecule has 2 aliphatic heterocycles. The smallest absolute Gasteiger partial charge is 0.261 e. The molecule has 2 atom stereocenters. The van der Waals surface area contributed by atoms with E-state index in [4.69, 9.17) is 10.5 Å². The summed E-state index contributed by atoms with van der Waals surface area (Å²) in [5.41, 5.74) is 6.22. The molecule has 1 saturated heterocycles. The van der Waals surface area contributed by atoms with Crippen molar-refractivity contribution in [3.8, 4) is 0 Å². The van der Waals surface area contributed by atoms with Crippen LogP contribution in [0.5, 0.6) is 0 Å². The van der Waals surface area contributed by atoms with Crippen molar-refractivity contribution >= 4 is 17.7 Å². The van der Waals surface area contributed by atoms with Crippen LogP contribution < -0.4 is 11.1 Å². The molecule has 3 amide bonds. The normalized spacial score (nSPS) is 21.5. The molecule has 27 heavy (non-hydrogen) atoms. The van der Waals surface area contributed by atoms with Crippen LogP contribution in [-0.4, -0.2) is 54.0 Å². The fourth-order valence-corrected chi connectivity index (χ4v) is 3.35. The Hall–Kier alpha value is -2.25. The SMILES string of the molecule is CC(C)C(C)(CN)NC(=O)c1ccc2c(c1)C(=O)N(CC1CCCO1)C2=O. The van der Waals surface area contributed by atoms with Gasteiger partial charge in [0.25, 0.3) is 17.7 Å². The van der Waals surface area contributed by atoms with Crippen molar-refractivity contribution in [2.75, 3.05) is 19.7 Å². The molecular formula is C20H27N3O4. The molecular weight excluding hydrogens is 346 g/mol. The lowest BCUT2D eigenvalue weighted by Gasteiger charge is -2.33. The minimum atomic E-state index is -0.554. The van der Waals surface area contributed by atoms with Crippen LogP contribution in [0.4, 0.5) is 0 Å². The second-order valence-corrected chi connectivity index (χ2v) is 7.85. The predicted octanol–water partition coefficient (Wildman–Crippen LogP) is 1.56. The minimum Gasteiger partial charge on any atom is -0.376 e. The van der Waals surface area contributed by atoms with Crippen molar-refractivity contribution in [3.05, 3.63) is 34.9 Å². The third-order valence-electron chi connectivity index (χ3n) is 5.74. The van der Waals surface area contributed by atoms with E-state index < -0.39 is 5.54 Å². The summed E-state index contributed by atoms with van der Waals surface area (Å²) in [5.74, 6) is -0.861. The molecule has 0 radical (unpaired) electrons. The summed E-state index contributed by atoms with van der Waals surface area (Å²) in [6, 6.07) is 4.62. The molecule has 0 spiro atoms. The molecule has 0 bridgehead atoms. The number of nitrogens with one attached hydrogen (secondary N) is 1. The Morgan fingerprint density at radius 1 is 1.33 bits per heavy atom. The van der Waals surface area contributed by atoms with Crippen molar-refractivity contribution in [1.29, 1.82) is 0 Å². The van der Waals surface area contributed by atoms with Gasteiger partial charge in [-0.05, 0) is 43.9 Å². The quantitative estimate of drug-likeness (QED) is 0.737. The molecule has 3 rings (SSSR count). The van der Waals surface area contributed by atoms with Gasteiger partial charge in [-0.15, -0.1) is 0 Å². The Morgan fingerprint density at radius 2 is 2.04 bits per heavy atom. The standard InChI is InChI=1S/C20H27N3O4/c1-12(2)20(3,11-21)22-17(24)13-6-7-15-16(9-13)19(26)23(18(15)25)10-14-5-4-8-27-14/h6-7,9,12,14H,4-5,8,10-11,21H2,1-3H3,(H,22,24). The van der Waals surface area contributed by atoms with Gasteiger partial charge in [0.1, 0.15) is 0 Å². The molecule has 0 aromatic heterocycles. The highest BCUT2D eigenvalue weighted by atomic mass is 16.5. The highest BCUT2D eigenvalue weighted by molar-refractivity contribution is 6.22. The monoisotopic (exact) mass is 373 g/mol. The fraction of sp³-hybridized carbons (Fsp3) is 0.550. The highest BCUT2D eigenvalue weighted by Crippen LogP contribution is 2.26. The molecule has 1 aromatic carbocycles. The third-order valence-corrected chi connectivity index (χ3v) is 5.74. The van der Waals surface area contributed by atoms with Crippen LogP contribution in [0.15, 0.2) is 18.2 Å². The number of imide groups is 1. The predicted molar refractivity (Wildman–Crippen MR) is 101 cm³/mol. The summed E-state index contributed by atoms with van der Waals surface area (Å²) in [5, 5.41) is 2.95. The fourth-order valence-electron chi connectivity index (χ4n) is 3.35. The maximum atomic E-state index is 12.7. The lowest BCUT2D eigenvalue weighted by Crippen LogP contribution is -2.55. The van der Waals surface area contributed by atoms with E-state index in [2.05, 4.69) is 5.32 Å². The Labute approximate surface area is 159 Å². The van der Waals surface area contributed by atoms with Crippen LogP contribution in [0.2, 0.25) is 0 Å². The molecule has 2 unspecified atom stereocenters. The van der Waals surface area contributed by atoms with Gasteiger partial charge in [-0.1, -0.05) is 13.8 Å². The number of nitrogens with zero attached hydrogens (tertiary/aromatic N) is 1. The van der Waals surface area contributed by atoms with Crippen molar-refractivity contribution in [2.24, 2.45) is 11.7 Å². The van der Waals surface area contributed by atoms with Gasteiger partial charge in [-0.3, -0.25) is 19.3 Å². The zero-order valence-corrected chi connectivity index (χ0v) is 16.1. The zero-order valence-electron chi connectivity index (χ0n) is 16.1. The first-order valence-electron chi connectivity index (χ1n) is 9.41. The van der Waals surface area contributed by atoms with Gasteiger partial charge in [0.2, 0.25) is 0 Å². The summed E-state index contributed by atoms with van der Waals surface area (Å²) in [6.45, 7) is 7.08. The minimum absolute atomic E-state index is 0.105. The number of amides is 3. The van der Waals surface area contributed by atoms with Gasteiger partial charge in [0.15, 0.2) is 0 Å². The second kappa shape index (κ2) is 7.40. The van der Waals surface area contributed by atoms with Gasteiger partial charge in [-0.2, -0.15) is 0 Å². The van der Waals surface area contributed by atoms with Crippen molar-refractivity contribution in [3.63, 3.8) is 0 Å². The molecule has 3 N–H and O–H groups in total. The van der Waals surface area contributed by atoms with E-state index in [9.17, 15) is 14.4 Å². The number of fused-ring (bicyclic) bond motifs is 1. The van der Waals surface area contributed by atoms with E-state index in [-0.39, 0.29) is 41.9 Å². The summed E-state index contributed by atoms with van der Waals surface area (Å²) in [4.78, 5) is 39.2. The van der Waals surface area contributed by atoms with Crippen LogP contribution in [0.3, 0.4) is 0 Å². The Morgan fingerprint density at radius 3 is 2.63 bits per heavy atom. The van der Waals surface area contributed by atoms with Gasteiger partial charge in [0, 0.05) is 18.7 Å². The number of hydrogen-bond donors (Lipinski definition) is 2. The molecule has 2 aliphatic rings. The van der Waals surface area contributed by atoms with E-state index in [1.807, 2.05) is 20.8 Å². The number of carbonyl (C=O) groups excluding carboxylic acids is 3. The molecule has 2 heterocycles. The van der Waals surface area contributed by atoms with Gasteiger partial charge in [-0.25, -0.2) is 0 Å². The number of hydrogen-bond acceptors (Lipinski definition) is 5. The number of nitrogens with two attached hydrogens (primary N) is 1. The average Bonchev–Trinajstić information content (AvgIpc) is 3.24. The summed E-state index contributed by atoms with van der Waals surface area (Å²) >= 11 is 0. The Balaban J connectivity index is 1.80. The van der Waals surface area contributed by atoms with Crippen molar-refractivity contribution in [1.82, 2.24) is 10.2 Å². The van der Waals surface area contributed by atoms with Crippen LogP contribution >= 0.6 is 0 Å². The van der Waals surface area contributed by atoms with E-state index in [0.717, 1.165) is 12.8 Å². The second-order valence-electron chi connectivity index (χ2n) is 7.85. The van der Waals surface area contributed by atoms with Gasteiger partial charge >= 0.3 is 0 Å². The number of ether oxygens (including phenoxy) is 1. The highest BCUT2D eigenvalue weighted by Gasteiger charge is 2.38. The molecule has 0 aliphatic carbocycles. The molecule has 7 nitrogen and oxygen atoms in total. The largest absolute Gasteiger partial charge is 0.376 e. The van der Waals surface area contributed by atoms with Crippen molar-refractivity contribution < 1.29 is 19.1 Å². The Kier molecular flexibility index (Phi) is 5.35. The average molecular weight is 373 g/mol. The summed E-state index contributed by atoms with van der Waals surface area (Å²) in [6.07, 6.45) is 1.67. The van der Waals surface area contributed by atoms with Crippen LogP contribution in [0.1, 0.15) is 64.7 Å². The maximum absolute atomic E-state index is 12.7. The molecule has 0 saturated carbocycles. The van der Waals surface area contributed by atoms with E-state index in [1.165, 1.54) is 11.0 Å². The zero-order chi connectivity index (χ0) is 19.8. The molecule has 1 fully saturated rings. The summed E-state index contributed by atoms with van der Waals surface area (Å²) in [7, 11) is 0.